The maximum Gasteiger partial charge on any atom is 0.241 e. The molecule has 0 unspecified atom stereocenters. The van der Waals surface area contributed by atoms with Crippen molar-refractivity contribution in [2.45, 2.75) is 0 Å². The standard InChI is InChI=1S/C15H21BrN4O2/c1-17-14(21)11-19-6-8-20(9-7-19)15(22)10-18-13-4-2-12(16)3-5-13/h2-5,18H,6-11H2,1H3,(H,17,21). The average Bonchev–Trinajstić information content (AvgIpc) is 2.54. The average molecular weight is 369 g/mol. The molecule has 2 N–H and O–H groups in total. The molecule has 1 aliphatic rings. The first kappa shape index (κ1) is 16.8. The number of benzene rings is 1. The van der Waals surface area contributed by atoms with Gasteiger partial charge < -0.3 is 15.5 Å². The van der Waals surface area contributed by atoms with Crippen LogP contribution in [0.3, 0.4) is 0 Å². The van der Waals surface area contributed by atoms with E-state index in [0.717, 1.165) is 23.2 Å². The van der Waals surface area contributed by atoms with Gasteiger partial charge in [-0.1, -0.05) is 15.9 Å². The van der Waals surface area contributed by atoms with E-state index in [1.54, 1.807) is 7.05 Å². The van der Waals surface area contributed by atoms with E-state index < -0.39 is 0 Å². The van der Waals surface area contributed by atoms with Gasteiger partial charge in [0.25, 0.3) is 0 Å². The molecule has 2 rings (SSSR count). The normalized spacial score (nSPS) is 15.5. The third-order valence-corrected chi connectivity index (χ3v) is 4.19. The Morgan fingerprint density at radius 1 is 1.14 bits per heavy atom. The highest BCUT2D eigenvalue weighted by atomic mass is 79.9. The summed E-state index contributed by atoms with van der Waals surface area (Å²) in [6.07, 6.45) is 0. The molecule has 0 radical (unpaired) electrons. The number of amides is 2. The number of nitrogens with zero attached hydrogens (tertiary/aromatic N) is 2. The number of hydrogen-bond acceptors (Lipinski definition) is 4. The Morgan fingerprint density at radius 3 is 2.36 bits per heavy atom. The van der Waals surface area contributed by atoms with Gasteiger partial charge in [0.15, 0.2) is 0 Å². The molecule has 1 aromatic carbocycles. The van der Waals surface area contributed by atoms with Crippen LogP contribution in [0.2, 0.25) is 0 Å². The molecule has 0 bridgehead atoms. The lowest BCUT2D eigenvalue weighted by atomic mass is 10.3. The Bertz CT molecular complexity index is 513. The molecule has 120 valence electrons. The molecule has 1 heterocycles. The van der Waals surface area contributed by atoms with Crippen LogP contribution in [0.4, 0.5) is 5.69 Å². The first-order valence-electron chi connectivity index (χ1n) is 7.28. The molecule has 0 aromatic heterocycles. The Hall–Kier alpha value is -1.60. The van der Waals surface area contributed by atoms with Crippen molar-refractivity contribution in [3.05, 3.63) is 28.7 Å². The summed E-state index contributed by atoms with van der Waals surface area (Å²) in [6, 6.07) is 7.73. The molecule has 0 aliphatic carbocycles. The lowest BCUT2D eigenvalue weighted by Crippen LogP contribution is -2.51. The topological polar surface area (TPSA) is 64.7 Å². The summed E-state index contributed by atoms with van der Waals surface area (Å²) in [5, 5.41) is 5.75. The van der Waals surface area contributed by atoms with Crippen LogP contribution in [0.1, 0.15) is 0 Å². The highest BCUT2D eigenvalue weighted by Gasteiger charge is 2.21. The second-order valence-electron chi connectivity index (χ2n) is 5.19. The number of carbonyl (C=O) groups is 2. The number of carbonyl (C=O) groups excluding carboxylic acids is 2. The lowest BCUT2D eigenvalue weighted by molar-refractivity contribution is -0.131. The van der Waals surface area contributed by atoms with Gasteiger partial charge in [-0.15, -0.1) is 0 Å². The van der Waals surface area contributed by atoms with Crippen molar-refractivity contribution in [3.8, 4) is 0 Å². The third kappa shape index (κ3) is 4.99. The Labute approximate surface area is 139 Å². The number of halogens is 1. The summed E-state index contributed by atoms with van der Waals surface area (Å²) in [7, 11) is 1.63. The molecule has 7 heteroatoms. The van der Waals surface area contributed by atoms with Gasteiger partial charge in [0, 0.05) is 43.4 Å². The number of likely N-dealkylation sites (N-methyl/N-ethyl adjacent to an activating group) is 1. The van der Waals surface area contributed by atoms with Gasteiger partial charge in [-0.25, -0.2) is 0 Å². The molecule has 0 spiro atoms. The van der Waals surface area contributed by atoms with Crippen LogP contribution >= 0.6 is 15.9 Å². The minimum absolute atomic E-state index is 0.0108. The molecule has 1 fully saturated rings. The monoisotopic (exact) mass is 368 g/mol. The van der Waals surface area contributed by atoms with Crippen LogP contribution in [0, 0.1) is 0 Å². The van der Waals surface area contributed by atoms with Crippen molar-refractivity contribution in [3.63, 3.8) is 0 Å². The number of piperazine rings is 1. The molecule has 1 saturated heterocycles. The summed E-state index contributed by atoms with van der Waals surface area (Å²) in [5.74, 6) is 0.0965. The highest BCUT2D eigenvalue weighted by Crippen LogP contribution is 2.14. The zero-order chi connectivity index (χ0) is 15.9. The van der Waals surface area contributed by atoms with E-state index in [2.05, 4.69) is 31.5 Å². The Kier molecular flexibility index (Phi) is 6.21. The SMILES string of the molecule is CNC(=O)CN1CCN(C(=O)CNc2ccc(Br)cc2)CC1. The summed E-state index contributed by atoms with van der Waals surface area (Å²) in [6.45, 7) is 3.48. The van der Waals surface area contributed by atoms with Gasteiger partial charge in [-0.05, 0) is 24.3 Å². The first-order valence-corrected chi connectivity index (χ1v) is 8.08. The quantitative estimate of drug-likeness (QED) is 0.804. The number of anilines is 1. The van der Waals surface area contributed by atoms with Crippen LogP contribution < -0.4 is 10.6 Å². The van der Waals surface area contributed by atoms with E-state index >= 15 is 0 Å². The van der Waals surface area contributed by atoms with Gasteiger partial charge in [-0.2, -0.15) is 0 Å². The van der Waals surface area contributed by atoms with Crippen molar-refractivity contribution >= 4 is 33.4 Å². The Balaban J connectivity index is 1.73. The van der Waals surface area contributed by atoms with E-state index in [1.165, 1.54) is 0 Å². The zero-order valence-corrected chi connectivity index (χ0v) is 14.2. The predicted octanol–water partition coefficient (Wildman–Crippen LogP) is 0.751. The summed E-state index contributed by atoms with van der Waals surface area (Å²) in [5.41, 5.74) is 0.926. The second-order valence-corrected chi connectivity index (χ2v) is 6.11. The fourth-order valence-corrected chi connectivity index (χ4v) is 2.56. The minimum Gasteiger partial charge on any atom is -0.376 e. The third-order valence-electron chi connectivity index (χ3n) is 3.66. The van der Waals surface area contributed by atoms with E-state index in [-0.39, 0.29) is 18.4 Å². The predicted molar refractivity (Wildman–Crippen MR) is 89.7 cm³/mol. The molecule has 6 nitrogen and oxygen atoms in total. The van der Waals surface area contributed by atoms with Crippen molar-refractivity contribution in [2.24, 2.45) is 0 Å². The van der Waals surface area contributed by atoms with E-state index in [0.29, 0.717) is 19.6 Å². The minimum atomic E-state index is 0.0108. The van der Waals surface area contributed by atoms with Gasteiger partial charge in [0.1, 0.15) is 0 Å². The van der Waals surface area contributed by atoms with Gasteiger partial charge in [0.05, 0.1) is 13.1 Å². The van der Waals surface area contributed by atoms with E-state index in [1.807, 2.05) is 29.2 Å². The maximum atomic E-state index is 12.2. The zero-order valence-electron chi connectivity index (χ0n) is 12.6. The van der Waals surface area contributed by atoms with E-state index in [4.69, 9.17) is 0 Å². The van der Waals surface area contributed by atoms with Crippen molar-refractivity contribution in [2.75, 3.05) is 51.6 Å². The van der Waals surface area contributed by atoms with Gasteiger partial charge in [-0.3, -0.25) is 14.5 Å². The van der Waals surface area contributed by atoms with Gasteiger partial charge in [0.2, 0.25) is 11.8 Å². The molecular formula is C15H21BrN4O2. The molecule has 0 atom stereocenters. The van der Waals surface area contributed by atoms with Crippen LogP contribution in [-0.4, -0.2) is 67.9 Å². The van der Waals surface area contributed by atoms with Crippen molar-refractivity contribution < 1.29 is 9.59 Å². The van der Waals surface area contributed by atoms with Crippen LogP contribution in [-0.2, 0) is 9.59 Å². The number of nitrogens with one attached hydrogen (secondary N) is 2. The molecule has 1 aliphatic heterocycles. The van der Waals surface area contributed by atoms with Crippen molar-refractivity contribution in [1.29, 1.82) is 0 Å². The fraction of sp³-hybridized carbons (Fsp3) is 0.467. The molecule has 0 saturated carbocycles. The molecule has 2 amide bonds. The van der Waals surface area contributed by atoms with E-state index in [9.17, 15) is 9.59 Å². The summed E-state index contributed by atoms with van der Waals surface area (Å²) in [4.78, 5) is 27.4. The van der Waals surface area contributed by atoms with Crippen LogP contribution in [0.25, 0.3) is 0 Å². The van der Waals surface area contributed by atoms with Crippen LogP contribution in [0.5, 0.6) is 0 Å². The number of hydrogen-bond donors (Lipinski definition) is 2. The molecule has 22 heavy (non-hydrogen) atoms. The molecule has 1 aromatic rings. The summed E-state index contributed by atoms with van der Waals surface area (Å²) >= 11 is 3.38. The first-order chi connectivity index (χ1) is 10.6. The lowest BCUT2D eigenvalue weighted by Gasteiger charge is -2.34. The van der Waals surface area contributed by atoms with Crippen LogP contribution in [0.15, 0.2) is 28.7 Å². The molecular weight excluding hydrogens is 348 g/mol. The summed E-state index contributed by atoms with van der Waals surface area (Å²) < 4.78 is 1.01. The highest BCUT2D eigenvalue weighted by molar-refractivity contribution is 9.10. The van der Waals surface area contributed by atoms with Gasteiger partial charge >= 0.3 is 0 Å². The Morgan fingerprint density at radius 2 is 1.77 bits per heavy atom. The number of rotatable bonds is 5. The maximum absolute atomic E-state index is 12.2. The van der Waals surface area contributed by atoms with Crippen molar-refractivity contribution in [1.82, 2.24) is 15.1 Å². The largest absolute Gasteiger partial charge is 0.376 e. The fourth-order valence-electron chi connectivity index (χ4n) is 2.29. The second kappa shape index (κ2) is 8.14. The smallest absolute Gasteiger partial charge is 0.241 e.